The number of nitrogens with one attached hydrogen (secondary N) is 1. The lowest BCUT2D eigenvalue weighted by atomic mass is 9.82. The van der Waals surface area contributed by atoms with Crippen LogP contribution in [0.1, 0.15) is 52.4 Å². The second-order valence-corrected chi connectivity index (χ2v) is 5.93. The summed E-state index contributed by atoms with van der Waals surface area (Å²) in [6, 6.07) is 0.625. The first-order valence-corrected chi connectivity index (χ1v) is 7.78. The molecular formula is C15H28N2O. The van der Waals surface area contributed by atoms with Gasteiger partial charge in [0.1, 0.15) is 0 Å². The van der Waals surface area contributed by atoms with Crippen LogP contribution in [0.25, 0.3) is 0 Å². The smallest absolute Gasteiger partial charge is 0.225 e. The number of hydrogen-bond donors (Lipinski definition) is 1. The Labute approximate surface area is 111 Å². The van der Waals surface area contributed by atoms with Gasteiger partial charge in [-0.05, 0) is 38.1 Å². The highest BCUT2D eigenvalue weighted by Gasteiger charge is 2.34. The third-order valence-corrected chi connectivity index (χ3v) is 4.68. The van der Waals surface area contributed by atoms with Crippen molar-refractivity contribution in [2.24, 2.45) is 11.8 Å². The van der Waals surface area contributed by atoms with Gasteiger partial charge in [0.2, 0.25) is 5.91 Å². The van der Waals surface area contributed by atoms with Crippen LogP contribution in [0.4, 0.5) is 0 Å². The van der Waals surface area contributed by atoms with E-state index in [1.807, 2.05) is 0 Å². The zero-order valence-corrected chi connectivity index (χ0v) is 12.0. The van der Waals surface area contributed by atoms with Gasteiger partial charge in [0.25, 0.3) is 0 Å². The van der Waals surface area contributed by atoms with Gasteiger partial charge in [0, 0.05) is 25.0 Å². The molecule has 1 heterocycles. The van der Waals surface area contributed by atoms with Crippen LogP contribution >= 0.6 is 0 Å². The number of rotatable bonds is 5. The van der Waals surface area contributed by atoms with Crippen molar-refractivity contribution in [3.8, 4) is 0 Å². The summed E-state index contributed by atoms with van der Waals surface area (Å²) in [7, 11) is 0. The molecule has 0 bridgehead atoms. The second kappa shape index (κ2) is 6.55. The van der Waals surface area contributed by atoms with Crippen LogP contribution in [0, 0.1) is 11.8 Å². The highest BCUT2D eigenvalue weighted by Crippen LogP contribution is 2.30. The van der Waals surface area contributed by atoms with E-state index in [9.17, 15) is 4.79 Å². The SMILES string of the molecule is CCCNC1CCN(C(=O)C2CCC2)CC1CC. The highest BCUT2D eigenvalue weighted by atomic mass is 16.2. The number of likely N-dealkylation sites (tertiary alicyclic amines) is 1. The number of carbonyl (C=O) groups excluding carboxylic acids is 1. The van der Waals surface area contributed by atoms with Gasteiger partial charge in [-0.3, -0.25) is 4.79 Å². The van der Waals surface area contributed by atoms with E-state index < -0.39 is 0 Å². The Bertz CT molecular complexity index is 276. The average molecular weight is 252 g/mol. The molecule has 0 spiro atoms. The molecule has 0 aromatic carbocycles. The molecule has 3 heteroatoms. The molecule has 2 atom stereocenters. The third-order valence-electron chi connectivity index (χ3n) is 4.68. The molecule has 1 aliphatic heterocycles. The van der Waals surface area contributed by atoms with Gasteiger partial charge in [-0.25, -0.2) is 0 Å². The predicted octanol–water partition coefficient (Wildman–Crippen LogP) is 2.41. The molecule has 0 aromatic rings. The van der Waals surface area contributed by atoms with Crippen LogP contribution in [-0.4, -0.2) is 36.5 Å². The largest absolute Gasteiger partial charge is 0.342 e. The fraction of sp³-hybridized carbons (Fsp3) is 0.933. The molecule has 1 saturated heterocycles. The van der Waals surface area contributed by atoms with Crippen LogP contribution < -0.4 is 5.32 Å². The van der Waals surface area contributed by atoms with Gasteiger partial charge in [-0.1, -0.05) is 26.7 Å². The van der Waals surface area contributed by atoms with Crippen molar-refractivity contribution in [1.29, 1.82) is 0 Å². The van der Waals surface area contributed by atoms with E-state index in [0.717, 1.165) is 38.9 Å². The van der Waals surface area contributed by atoms with Crippen molar-refractivity contribution in [3.63, 3.8) is 0 Å². The predicted molar refractivity (Wildman–Crippen MR) is 74.4 cm³/mol. The topological polar surface area (TPSA) is 32.3 Å². The quantitative estimate of drug-likeness (QED) is 0.815. The van der Waals surface area contributed by atoms with Gasteiger partial charge >= 0.3 is 0 Å². The zero-order valence-electron chi connectivity index (χ0n) is 12.0. The standard InChI is InChI=1S/C15H28N2O/c1-3-9-16-14-8-10-17(11-12(14)4-2)15(18)13-6-5-7-13/h12-14,16H,3-11H2,1-2H3. The Hall–Kier alpha value is -0.570. The lowest BCUT2D eigenvalue weighted by molar-refractivity contribution is -0.140. The lowest BCUT2D eigenvalue weighted by Gasteiger charge is -2.41. The van der Waals surface area contributed by atoms with Crippen molar-refractivity contribution in [1.82, 2.24) is 10.2 Å². The molecule has 2 fully saturated rings. The maximum atomic E-state index is 12.3. The molecule has 1 aliphatic carbocycles. The average Bonchev–Trinajstić information content (AvgIpc) is 2.34. The van der Waals surface area contributed by atoms with E-state index in [1.54, 1.807) is 0 Å². The molecule has 3 nitrogen and oxygen atoms in total. The van der Waals surface area contributed by atoms with Crippen molar-refractivity contribution in [2.75, 3.05) is 19.6 Å². The van der Waals surface area contributed by atoms with E-state index >= 15 is 0 Å². The Morgan fingerprint density at radius 3 is 2.61 bits per heavy atom. The van der Waals surface area contributed by atoms with Crippen molar-refractivity contribution < 1.29 is 4.79 Å². The van der Waals surface area contributed by atoms with Crippen LogP contribution in [0.15, 0.2) is 0 Å². The monoisotopic (exact) mass is 252 g/mol. The Balaban J connectivity index is 1.85. The molecule has 2 unspecified atom stereocenters. The van der Waals surface area contributed by atoms with Crippen LogP contribution in [0.3, 0.4) is 0 Å². The molecule has 104 valence electrons. The van der Waals surface area contributed by atoms with Crippen molar-refractivity contribution >= 4 is 5.91 Å². The summed E-state index contributed by atoms with van der Waals surface area (Å²) >= 11 is 0. The number of amides is 1. The molecule has 0 radical (unpaired) electrons. The van der Waals surface area contributed by atoms with E-state index in [0.29, 0.717) is 23.8 Å². The van der Waals surface area contributed by atoms with Gasteiger partial charge in [0.15, 0.2) is 0 Å². The maximum Gasteiger partial charge on any atom is 0.225 e. The summed E-state index contributed by atoms with van der Waals surface area (Å²) in [6.07, 6.45) is 7.01. The minimum Gasteiger partial charge on any atom is -0.342 e. The summed E-state index contributed by atoms with van der Waals surface area (Å²) in [5.74, 6) is 1.45. The van der Waals surface area contributed by atoms with E-state index in [-0.39, 0.29) is 0 Å². The van der Waals surface area contributed by atoms with Gasteiger partial charge in [-0.15, -0.1) is 0 Å². The number of piperidine rings is 1. The number of hydrogen-bond acceptors (Lipinski definition) is 2. The third kappa shape index (κ3) is 3.05. The summed E-state index contributed by atoms with van der Waals surface area (Å²) in [5, 5.41) is 3.65. The maximum absolute atomic E-state index is 12.3. The van der Waals surface area contributed by atoms with E-state index in [4.69, 9.17) is 0 Å². The Morgan fingerprint density at radius 2 is 2.06 bits per heavy atom. The normalized spacial score (nSPS) is 29.1. The number of carbonyl (C=O) groups is 1. The Morgan fingerprint density at radius 1 is 1.28 bits per heavy atom. The molecular weight excluding hydrogens is 224 g/mol. The first kappa shape index (κ1) is 13.9. The van der Waals surface area contributed by atoms with Gasteiger partial charge in [0.05, 0.1) is 0 Å². The minimum absolute atomic E-state index is 0.364. The zero-order chi connectivity index (χ0) is 13.0. The van der Waals surface area contributed by atoms with Crippen LogP contribution in [0.5, 0.6) is 0 Å². The lowest BCUT2D eigenvalue weighted by Crippen LogP contribution is -2.52. The van der Waals surface area contributed by atoms with Crippen LogP contribution in [-0.2, 0) is 4.79 Å². The van der Waals surface area contributed by atoms with Gasteiger partial charge < -0.3 is 10.2 Å². The molecule has 1 N–H and O–H groups in total. The molecule has 2 rings (SSSR count). The second-order valence-electron chi connectivity index (χ2n) is 5.93. The first-order chi connectivity index (χ1) is 8.76. The van der Waals surface area contributed by atoms with E-state index in [1.165, 1.54) is 19.3 Å². The molecule has 18 heavy (non-hydrogen) atoms. The molecule has 1 saturated carbocycles. The fourth-order valence-corrected chi connectivity index (χ4v) is 3.16. The Kier molecular flexibility index (Phi) is 5.04. The molecule has 1 amide bonds. The molecule has 0 aromatic heterocycles. The molecule has 2 aliphatic rings. The highest BCUT2D eigenvalue weighted by molar-refractivity contribution is 5.79. The summed E-state index contributed by atoms with van der Waals surface area (Å²) in [6.45, 7) is 7.52. The van der Waals surface area contributed by atoms with Crippen molar-refractivity contribution in [2.45, 2.75) is 58.4 Å². The summed E-state index contributed by atoms with van der Waals surface area (Å²) in [5.41, 5.74) is 0. The minimum atomic E-state index is 0.364. The summed E-state index contributed by atoms with van der Waals surface area (Å²) < 4.78 is 0. The first-order valence-electron chi connectivity index (χ1n) is 7.78. The summed E-state index contributed by atoms with van der Waals surface area (Å²) in [4.78, 5) is 14.4. The van der Waals surface area contributed by atoms with E-state index in [2.05, 4.69) is 24.1 Å². The fourth-order valence-electron chi connectivity index (χ4n) is 3.16. The van der Waals surface area contributed by atoms with Gasteiger partial charge in [-0.2, -0.15) is 0 Å². The van der Waals surface area contributed by atoms with Crippen molar-refractivity contribution in [3.05, 3.63) is 0 Å². The number of nitrogens with zero attached hydrogens (tertiary/aromatic N) is 1. The van der Waals surface area contributed by atoms with Crippen LogP contribution in [0.2, 0.25) is 0 Å².